The third kappa shape index (κ3) is 6.13. The zero-order valence-electron chi connectivity index (χ0n) is 22.7. The minimum absolute atomic E-state index is 0.111. The number of aryl methyl sites for hydroxylation is 6. The Hall–Kier alpha value is -3.20. The molecule has 186 valence electrons. The van der Waals surface area contributed by atoms with Gasteiger partial charge in [0.25, 0.3) is 0 Å². The fourth-order valence-electron chi connectivity index (χ4n) is 5.58. The summed E-state index contributed by atoms with van der Waals surface area (Å²) >= 11 is 0. The third-order valence-corrected chi connectivity index (χ3v) is 7.33. The lowest BCUT2D eigenvalue weighted by Crippen LogP contribution is -2.35. The summed E-state index contributed by atoms with van der Waals surface area (Å²) in [6, 6.07) is 31.1. The highest BCUT2D eigenvalue weighted by atomic mass is 15.0. The van der Waals surface area contributed by atoms with Gasteiger partial charge in [-0.05, 0) is 86.1 Å². The first-order valence-electron chi connectivity index (χ1n) is 13.0. The molecule has 2 atom stereocenters. The monoisotopic (exact) mass is 476 g/mol. The van der Waals surface area contributed by atoms with E-state index in [1.807, 2.05) is 0 Å². The van der Waals surface area contributed by atoms with Crippen LogP contribution in [0.3, 0.4) is 0 Å². The van der Waals surface area contributed by atoms with Gasteiger partial charge >= 0.3 is 0 Å². The number of hydrogen-bond donors (Lipinski definition) is 2. The number of rotatable bonds is 9. The van der Waals surface area contributed by atoms with Gasteiger partial charge < -0.3 is 10.6 Å². The lowest BCUT2D eigenvalue weighted by molar-refractivity contribution is 0.380. The van der Waals surface area contributed by atoms with E-state index in [1.54, 1.807) is 0 Å². The maximum Gasteiger partial charge on any atom is 0.0521 e. The maximum atomic E-state index is 3.96. The molecule has 4 aromatic rings. The Bertz CT molecular complexity index is 1140. The summed E-state index contributed by atoms with van der Waals surface area (Å²) in [5.74, 6) is 0. The highest BCUT2D eigenvalue weighted by Crippen LogP contribution is 2.31. The molecule has 0 saturated heterocycles. The zero-order chi connectivity index (χ0) is 25.7. The van der Waals surface area contributed by atoms with Crippen molar-refractivity contribution in [3.8, 4) is 0 Å². The van der Waals surface area contributed by atoms with E-state index in [1.165, 1.54) is 55.6 Å². The number of benzene rings is 4. The summed E-state index contributed by atoms with van der Waals surface area (Å²) in [5.41, 5.74) is 13.4. The second-order valence-electron chi connectivity index (χ2n) is 10.3. The van der Waals surface area contributed by atoms with Crippen LogP contribution in [0.15, 0.2) is 84.9 Å². The quantitative estimate of drug-likeness (QED) is 0.256. The molecule has 0 aromatic heterocycles. The molecule has 0 spiro atoms. The average Bonchev–Trinajstić information content (AvgIpc) is 2.84. The Labute approximate surface area is 217 Å². The van der Waals surface area contributed by atoms with E-state index in [0.717, 1.165) is 13.1 Å². The van der Waals surface area contributed by atoms with Gasteiger partial charge in [-0.2, -0.15) is 0 Å². The number of nitrogens with one attached hydrogen (secondary N) is 2. The summed E-state index contributed by atoms with van der Waals surface area (Å²) in [6.45, 7) is 14.9. The maximum absolute atomic E-state index is 3.96. The number of hydrogen-bond acceptors (Lipinski definition) is 2. The van der Waals surface area contributed by atoms with E-state index in [0.29, 0.717) is 0 Å². The van der Waals surface area contributed by atoms with Crippen molar-refractivity contribution in [3.05, 3.63) is 141 Å². The lowest BCUT2D eigenvalue weighted by Gasteiger charge is -2.31. The standard InChI is InChI=1S/C34H40N2/c1-23-17-25(3)31(26(4)18-23)21-35-33(29-13-9-7-10-14-29)34(30-15-11-8-12-16-30)36-22-32-27(5)19-24(2)20-28(32)6/h7-20,33-36H,21-22H2,1-6H3. The van der Waals surface area contributed by atoms with Crippen LogP contribution in [0.5, 0.6) is 0 Å². The summed E-state index contributed by atoms with van der Waals surface area (Å²) < 4.78 is 0. The van der Waals surface area contributed by atoms with Crippen molar-refractivity contribution >= 4 is 0 Å². The van der Waals surface area contributed by atoms with Crippen LogP contribution in [0.4, 0.5) is 0 Å². The molecule has 2 nitrogen and oxygen atoms in total. The molecule has 0 radical (unpaired) electrons. The fourth-order valence-corrected chi connectivity index (χ4v) is 5.58. The van der Waals surface area contributed by atoms with Crippen LogP contribution in [0, 0.1) is 41.5 Å². The predicted molar refractivity (Wildman–Crippen MR) is 153 cm³/mol. The Kier molecular flexibility index (Phi) is 8.40. The molecule has 2 heteroatoms. The average molecular weight is 477 g/mol. The highest BCUT2D eigenvalue weighted by Gasteiger charge is 2.25. The predicted octanol–water partition coefficient (Wildman–Crippen LogP) is 7.90. The largest absolute Gasteiger partial charge is 0.304 e. The van der Waals surface area contributed by atoms with Crippen LogP contribution in [-0.4, -0.2) is 0 Å². The Morgan fingerprint density at radius 2 is 0.778 bits per heavy atom. The smallest absolute Gasteiger partial charge is 0.0521 e. The van der Waals surface area contributed by atoms with Crippen molar-refractivity contribution in [2.24, 2.45) is 0 Å². The first kappa shape index (κ1) is 25.9. The van der Waals surface area contributed by atoms with Crippen molar-refractivity contribution in [1.82, 2.24) is 10.6 Å². The molecule has 2 unspecified atom stereocenters. The summed E-state index contributed by atoms with van der Waals surface area (Å²) in [5, 5.41) is 7.93. The van der Waals surface area contributed by atoms with Crippen LogP contribution in [0.25, 0.3) is 0 Å². The van der Waals surface area contributed by atoms with Crippen molar-refractivity contribution < 1.29 is 0 Å². The van der Waals surface area contributed by atoms with Gasteiger partial charge in [0.15, 0.2) is 0 Å². The zero-order valence-corrected chi connectivity index (χ0v) is 22.7. The van der Waals surface area contributed by atoms with Gasteiger partial charge in [0.2, 0.25) is 0 Å². The first-order valence-corrected chi connectivity index (χ1v) is 13.0. The fraction of sp³-hybridized carbons (Fsp3) is 0.294. The van der Waals surface area contributed by atoms with Crippen molar-refractivity contribution in [2.75, 3.05) is 0 Å². The van der Waals surface area contributed by atoms with Crippen molar-refractivity contribution in [3.63, 3.8) is 0 Å². The second-order valence-corrected chi connectivity index (χ2v) is 10.3. The van der Waals surface area contributed by atoms with E-state index in [-0.39, 0.29) is 12.1 Å². The molecule has 0 amide bonds. The van der Waals surface area contributed by atoms with Gasteiger partial charge in [0, 0.05) is 13.1 Å². The van der Waals surface area contributed by atoms with Gasteiger partial charge in [0.1, 0.15) is 0 Å². The molecule has 0 saturated carbocycles. The van der Waals surface area contributed by atoms with Crippen LogP contribution in [0.1, 0.15) is 67.7 Å². The molecular formula is C34H40N2. The highest BCUT2D eigenvalue weighted by molar-refractivity contribution is 5.39. The molecule has 4 aromatic carbocycles. The molecule has 0 fully saturated rings. The minimum atomic E-state index is 0.111. The van der Waals surface area contributed by atoms with Gasteiger partial charge in [-0.1, -0.05) is 96.1 Å². The summed E-state index contributed by atoms with van der Waals surface area (Å²) in [4.78, 5) is 0. The summed E-state index contributed by atoms with van der Waals surface area (Å²) in [7, 11) is 0. The lowest BCUT2D eigenvalue weighted by atomic mass is 9.91. The van der Waals surface area contributed by atoms with E-state index in [9.17, 15) is 0 Å². The van der Waals surface area contributed by atoms with E-state index < -0.39 is 0 Å². The Morgan fingerprint density at radius 3 is 1.08 bits per heavy atom. The molecule has 0 bridgehead atoms. The van der Waals surface area contributed by atoms with E-state index >= 15 is 0 Å². The first-order chi connectivity index (χ1) is 17.3. The van der Waals surface area contributed by atoms with Crippen LogP contribution in [-0.2, 0) is 13.1 Å². The minimum Gasteiger partial charge on any atom is -0.304 e. The molecule has 2 N–H and O–H groups in total. The molecule has 0 aliphatic carbocycles. The molecule has 4 rings (SSSR count). The van der Waals surface area contributed by atoms with Crippen LogP contribution < -0.4 is 10.6 Å². The molecule has 0 aliphatic rings. The molecule has 36 heavy (non-hydrogen) atoms. The van der Waals surface area contributed by atoms with Gasteiger partial charge in [-0.3, -0.25) is 0 Å². The van der Waals surface area contributed by atoms with Crippen LogP contribution in [0.2, 0.25) is 0 Å². The second kappa shape index (κ2) is 11.7. The third-order valence-electron chi connectivity index (χ3n) is 7.33. The van der Waals surface area contributed by atoms with Gasteiger partial charge in [0.05, 0.1) is 12.1 Å². The van der Waals surface area contributed by atoms with Crippen molar-refractivity contribution in [1.29, 1.82) is 0 Å². The SMILES string of the molecule is Cc1cc(C)c(CNC(c2ccccc2)C(NCc2c(C)cc(C)cc2C)c2ccccc2)c(C)c1. The normalized spacial score (nSPS) is 12.9. The topological polar surface area (TPSA) is 24.1 Å². The van der Waals surface area contributed by atoms with E-state index in [2.05, 4.69) is 137 Å². The van der Waals surface area contributed by atoms with Gasteiger partial charge in [-0.15, -0.1) is 0 Å². The van der Waals surface area contributed by atoms with Crippen LogP contribution >= 0.6 is 0 Å². The van der Waals surface area contributed by atoms with E-state index in [4.69, 9.17) is 0 Å². The van der Waals surface area contributed by atoms with Crippen molar-refractivity contribution in [2.45, 2.75) is 66.7 Å². The molecular weight excluding hydrogens is 436 g/mol. The van der Waals surface area contributed by atoms with Gasteiger partial charge in [-0.25, -0.2) is 0 Å². The molecule has 0 aliphatic heterocycles. The Morgan fingerprint density at radius 1 is 0.472 bits per heavy atom. The summed E-state index contributed by atoms with van der Waals surface area (Å²) in [6.07, 6.45) is 0. The Balaban J connectivity index is 1.70. The molecule has 0 heterocycles.